The van der Waals surface area contributed by atoms with Gasteiger partial charge >= 0.3 is 6.03 Å². The van der Waals surface area contributed by atoms with Gasteiger partial charge in [-0.2, -0.15) is 5.10 Å². The fraction of sp³-hybridized carbons (Fsp3) is 0.174. The smallest absolute Gasteiger partial charge is 0.319 e. The molecule has 0 saturated carbocycles. The number of carbonyl (C=O) groups is 1. The molecule has 0 aliphatic heterocycles. The van der Waals surface area contributed by atoms with E-state index in [2.05, 4.69) is 25.8 Å². The molecule has 7 heteroatoms. The van der Waals surface area contributed by atoms with Crippen LogP contribution in [0.2, 0.25) is 0 Å². The Morgan fingerprint density at radius 1 is 1.07 bits per heavy atom. The summed E-state index contributed by atoms with van der Waals surface area (Å²) in [5.41, 5.74) is 3.94. The molecule has 7 nitrogen and oxygen atoms in total. The number of rotatable bonds is 4. The van der Waals surface area contributed by atoms with Crippen molar-refractivity contribution in [2.24, 2.45) is 0 Å². The molecule has 1 aliphatic carbocycles. The van der Waals surface area contributed by atoms with Crippen LogP contribution in [-0.4, -0.2) is 27.3 Å². The first kappa shape index (κ1) is 18.2. The Labute approximate surface area is 173 Å². The van der Waals surface area contributed by atoms with Crippen LogP contribution in [0.25, 0.3) is 11.0 Å². The van der Waals surface area contributed by atoms with Gasteiger partial charge in [0.2, 0.25) is 0 Å². The molecule has 2 aromatic heterocycles. The fourth-order valence-corrected chi connectivity index (χ4v) is 3.89. The summed E-state index contributed by atoms with van der Waals surface area (Å²) in [6, 6.07) is 16.7. The van der Waals surface area contributed by atoms with E-state index in [4.69, 9.17) is 4.74 Å². The van der Waals surface area contributed by atoms with Gasteiger partial charge in [-0.05, 0) is 54.7 Å². The highest BCUT2D eigenvalue weighted by Gasteiger charge is 2.22. The van der Waals surface area contributed by atoms with Gasteiger partial charge < -0.3 is 15.4 Å². The van der Waals surface area contributed by atoms with Crippen LogP contribution in [0, 0.1) is 0 Å². The van der Waals surface area contributed by atoms with Gasteiger partial charge in [-0.3, -0.25) is 5.10 Å². The second-order valence-corrected chi connectivity index (χ2v) is 7.38. The van der Waals surface area contributed by atoms with Crippen LogP contribution >= 0.6 is 0 Å². The van der Waals surface area contributed by atoms with Crippen molar-refractivity contribution < 1.29 is 9.53 Å². The van der Waals surface area contributed by atoms with E-state index < -0.39 is 0 Å². The number of nitrogens with zero attached hydrogens (tertiary/aromatic N) is 2. The molecule has 0 spiro atoms. The molecule has 1 atom stereocenters. The van der Waals surface area contributed by atoms with Crippen LogP contribution in [0.3, 0.4) is 0 Å². The molecule has 5 rings (SSSR count). The van der Waals surface area contributed by atoms with Gasteiger partial charge in [0, 0.05) is 29.4 Å². The third-order valence-corrected chi connectivity index (χ3v) is 5.30. The molecule has 2 aromatic carbocycles. The molecule has 1 unspecified atom stereocenters. The Hall–Kier alpha value is -3.87. The molecule has 2 heterocycles. The number of fused-ring (bicyclic) bond motifs is 3. The van der Waals surface area contributed by atoms with Gasteiger partial charge in [0.25, 0.3) is 0 Å². The zero-order chi connectivity index (χ0) is 20.3. The van der Waals surface area contributed by atoms with Crippen molar-refractivity contribution in [3.8, 4) is 11.5 Å². The topological polar surface area (TPSA) is 91.9 Å². The molecule has 2 amide bonds. The normalized spacial score (nSPS) is 15.4. The number of benzene rings is 2. The Bertz CT molecular complexity index is 1190. The first-order valence-electron chi connectivity index (χ1n) is 9.95. The minimum atomic E-state index is -0.224. The van der Waals surface area contributed by atoms with Gasteiger partial charge in [0.15, 0.2) is 5.65 Å². The average Bonchev–Trinajstić information content (AvgIpc) is 3.24. The van der Waals surface area contributed by atoms with E-state index in [1.807, 2.05) is 67.0 Å². The monoisotopic (exact) mass is 399 g/mol. The van der Waals surface area contributed by atoms with Gasteiger partial charge in [0.05, 0.1) is 6.20 Å². The van der Waals surface area contributed by atoms with Crippen LogP contribution in [0.1, 0.15) is 17.5 Å². The maximum Gasteiger partial charge on any atom is 0.319 e. The Balaban J connectivity index is 1.22. The van der Waals surface area contributed by atoms with Crippen molar-refractivity contribution in [3.63, 3.8) is 0 Å². The second-order valence-electron chi connectivity index (χ2n) is 7.38. The zero-order valence-corrected chi connectivity index (χ0v) is 16.3. The van der Waals surface area contributed by atoms with Gasteiger partial charge in [-0.15, -0.1) is 0 Å². The summed E-state index contributed by atoms with van der Waals surface area (Å²) < 4.78 is 5.83. The van der Waals surface area contributed by atoms with Crippen molar-refractivity contribution in [3.05, 3.63) is 78.1 Å². The van der Waals surface area contributed by atoms with Gasteiger partial charge in [-0.25, -0.2) is 9.78 Å². The molecule has 30 heavy (non-hydrogen) atoms. The molecular weight excluding hydrogens is 378 g/mol. The van der Waals surface area contributed by atoms with Crippen LogP contribution in [0.5, 0.6) is 11.5 Å². The summed E-state index contributed by atoms with van der Waals surface area (Å²) in [4.78, 5) is 17.0. The minimum Gasteiger partial charge on any atom is -0.457 e. The maximum absolute atomic E-state index is 12.5. The third kappa shape index (κ3) is 3.82. The number of aryl methyl sites for hydroxylation is 1. The van der Waals surface area contributed by atoms with Gasteiger partial charge in [-0.1, -0.05) is 24.3 Å². The number of aromatic amines is 1. The lowest BCUT2D eigenvalue weighted by Gasteiger charge is -2.25. The first-order valence-corrected chi connectivity index (χ1v) is 9.95. The Morgan fingerprint density at radius 2 is 1.93 bits per heavy atom. The lowest BCUT2D eigenvalue weighted by Crippen LogP contribution is -2.41. The summed E-state index contributed by atoms with van der Waals surface area (Å²) in [5, 5.41) is 14.0. The molecule has 4 aromatic rings. The van der Waals surface area contributed by atoms with Crippen LogP contribution < -0.4 is 15.4 Å². The van der Waals surface area contributed by atoms with Crippen molar-refractivity contribution in [2.75, 3.05) is 5.32 Å². The number of anilines is 1. The number of hydrogen-bond donors (Lipinski definition) is 3. The molecular formula is C23H21N5O2. The number of hydrogen-bond acceptors (Lipinski definition) is 4. The average molecular weight is 399 g/mol. The highest BCUT2D eigenvalue weighted by molar-refractivity contribution is 5.89. The van der Waals surface area contributed by atoms with E-state index in [0.29, 0.717) is 11.4 Å². The highest BCUT2D eigenvalue weighted by atomic mass is 16.5. The zero-order valence-electron chi connectivity index (χ0n) is 16.3. The number of urea groups is 1. The summed E-state index contributed by atoms with van der Waals surface area (Å²) >= 11 is 0. The molecule has 0 bridgehead atoms. The molecule has 1 aliphatic rings. The predicted molar refractivity (Wildman–Crippen MR) is 115 cm³/mol. The van der Waals surface area contributed by atoms with E-state index >= 15 is 0 Å². The Morgan fingerprint density at radius 3 is 2.83 bits per heavy atom. The summed E-state index contributed by atoms with van der Waals surface area (Å²) in [7, 11) is 0. The number of H-pyrrole nitrogens is 1. The number of amides is 2. The predicted octanol–water partition coefficient (Wildman–Crippen LogP) is 4.43. The number of nitrogens with one attached hydrogen (secondary N) is 3. The van der Waals surface area contributed by atoms with Crippen molar-refractivity contribution in [2.45, 2.75) is 25.3 Å². The Kier molecular flexibility index (Phi) is 4.77. The maximum atomic E-state index is 12.5. The molecule has 0 radical (unpaired) electrons. The quantitative estimate of drug-likeness (QED) is 0.473. The van der Waals surface area contributed by atoms with Crippen LogP contribution in [0.4, 0.5) is 10.5 Å². The lowest BCUT2D eigenvalue weighted by atomic mass is 9.88. The lowest BCUT2D eigenvalue weighted by molar-refractivity contribution is 0.247. The molecule has 150 valence electrons. The molecule has 3 N–H and O–H groups in total. The minimum absolute atomic E-state index is 0.0624. The summed E-state index contributed by atoms with van der Waals surface area (Å²) in [6.45, 7) is 0. The van der Waals surface area contributed by atoms with Gasteiger partial charge in [0.1, 0.15) is 11.5 Å². The van der Waals surface area contributed by atoms with E-state index in [9.17, 15) is 4.79 Å². The molecule has 0 fully saturated rings. The van der Waals surface area contributed by atoms with Crippen LogP contribution in [0.15, 0.2) is 67.0 Å². The van der Waals surface area contributed by atoms with Crippen molar-refractivity contribution in [1.29, 1.82) is 0 Å². The number of ether oxygens (including phenoxy) is 1. The van der Waals surface area contributed by atoms with E-state index in [1.165, 1.54) is 11.1 Å². The first-order chi connectivity index (χ1) is 14.7. The number of aromatic nitrogens is 3. The molecule has 0 saturated heterocycles. The number of carbonyl (C=O) groups excluding carboxylic acids is 1. The number of pyridine rings is 1. The third-order valence-electron chi connectivity index (χ3n) is 5.30. The second kappa shape index (κ2) is 7.87. The van der Waals surface area contributed by atoms with E-state index in [0.717, 1.165) is 36.0 Å². The highest BCUT2D eigenvalue weighted by Crippen LogP contribution is 2.27. The van der Waals surface area contributed by atoms with Crippen molar-refractivity contribution in [1.82, 2.24) is 20.5 Å². The SMILES string of the molecule is O=C(Nc1cccc(Oc2ccccc2)c1)NC1CCc2c(cnc3[nH]ncc23)C1. The van der Waals surface area contributed by atoms with E-state index in [-0.39, 0.29) is 12.1 Å². The summed E-state index contributed by atoms with van der Waals surface area (Å²) in [6.07, 6.45) is 6.23. The largest absolute Gasteiger partial charge is 0.457 e. The van der Waals surface area contributed by atoms with E-state index in [1.54, 1.807) is 0 Å². The van der Waals surface area contributed by atoms with Crippen molar-refractivity contribution >= 4 is 22.8 Å². The number of para-hydroxylation sites is 1. The fourth-order valence-electron chi connectivity index (χ4n) is 3.89. The van der Waals surface area contributed by atoms with Crippen LogP contribution in [-0.2, 0) is 12.8 Å². The standard InChI is InChI=1S/C23H21N5O2/c29-23(26-16-5-4-8-19(12-16)30-18-6-2-1-3-7-18)27-17-9-10-20-15(11-17)13-24-22-21(20)14-25-28-22/h1-8,12-14,17H,9-11H2,(H,24,25,28)(H2,26,27,29). The summed E-state index contributed by atoms with van der Waals surface area (Å²) in [5.74, 6) is 1.42.